The predicted octanol–water partition coefficient (Wildman–Crippen LogP) is 7.50. The number of carbonyl (C=O) groups is 2. The van der Waals surface area contributed by atoms with Gasteiger partial charge in [-0.15, -0.1) is 11.3 Å². The zero-order valence-corrected chi connectivity index (χ0v) is 23.0. The van der Waals surface area contributed by atoms with E-state index < -0.39 is 29.1 Å². The SMILES string of the molecule is C/C(=C\c1c(F)cc(C(=O)Nc2nc(-c3cccc(CCCOCCC4CCCC4)c3F)cs2)cc1F)C(=O)O. The summed E-state index contributed by atoms with van der Waals surface area (Å²) in [6.07, 6.45) is 8.38. The number of aryl methyl sites for hydroxylation is 1. The van der Waals surface area contributed by atoms with Crippen LogP contribution >= 0.6 is 11.3 Å². The molecule has 0 unspecified atom stereocenters. The Bertz CT molecular complexity index is 1380. The minimum atomic E-state index is -1.32. The molecule has 1 amide bonds. The number of nitrogens with one attached hydrogen (secondary N) is 1. The lowest BCUT2D eigenvalue weighted by molar-refractivity contribution is -0.132. The molecule has 6 nitrogen and oxygen atoms in total. The smallest absolute Gasteiger partial charge is 0.331 e. The summed E-state index contributed by atoms with van der Waals surface area (Å²) in [6, 6.07) is 6.71. The van der Waals surface area contributed by atoms with Crippen LogP contribution in [0.1, 0.15) is 66.9 Å². The minimum absolute atomic E-state index is 0.131. The van der Waals surface area contributed by atoms with E-state index in [1.54, 1.807) is 23.6 Å². The Morgan fingerprint density at radius 1 is 1.15 bits per heavy atom. The van der Waals surface area contributed by atoms with Crippen LogP contribution in [0.15, 0.2) is 41.3 Å². The van der Waals surface area contributed by atoms with Crippen molar-refractivity contribution < 1.29 is 32.6 Å². The number of aromatic nitrogens is 1. The Balaban J connectivity index is 1.35. The standard InChI is InChI=1S/C30H31F3N2O4S/c1-18(29(37)38)14-23-24(31)15-21(16-25(23)32)28(36)35-30-34-26(17-40-30)22-10-4-8-20(27(22)33)9-5-12-39-13-11-19-6-2-3-7-19/h4,8,10,14-17,19H,2-3,5-7,9,11-13H2,1H3,(H,37,38)(H,34,35,36)/b18-14+. The van der Waals surface area contributed by atoms with Crippen LogP contribution in [-0.4, -0.2) is 35.2 Å². The summed E-state index contributed by atoms with van der Waals surface area (Å²) in [4.78, 5) is 27.9. The van der Waals surface area contributed by atoms with E-state index >= 15 is 4.39 Å². The monoisotopic (exact) mass is 572 g/mol. The van der Waals surface area contributed by atoms with Gasteiger partial charge in [-0.1, -0.05) is 37.8 Å². The molecule has 1 aliphatic rings. The van der Waals surface area contributed by atoms with Gasteiger partial charge in [-0.2, -0.15) is 0 Å². The van der Waals surface area contributed by atoms with Crippen LogP contribution < -0.4 is 5.32 Å². The average molecular weight is 573 g/mol. The highest BCUT2D eigenvalue weighted by Crippen LogP contribution is 2.30. The number of benzene rings is 2. The summed E-state index contributed by atoms with van der Waals surface area (Å²) < 4.78 is 49.9. The first kappa shape index (κ1) is 29.5. The first-order chi connectivity index (χ1) is 19.2. The van der Waals surface area contributed by atoms with E-state index in [1.165, 1.54) is 32.6 Å². The number of hydrogen-bond acceptors (Lipinski definition) is 5. The third-order valence-electron chi connectivity index (χ3n) is 7.00. The molecule has 2 aromatic carbocycles. The number of hydrogen-bond donors (Lipinski definition) is 2. The molecule has 3 aromatic rings. The number of nitrogens with zero attached hydrogens (tertiary/aromatic N) is 1. The molecule has 0 spiro atoms. The van der Waals surface area contributed by atoms with E-state index in [2.05, 4.69) is 10.3 Å². The number of rotatable bonds is 12. The van der Waals surface area contributed by atoms with Crippen LogP contribution in [0.2, 0.25) is 0 Å². The van der Waals surface area contributed by atoms with Crippen molar-refractivity contribution in [3.8, 4) is 11.3 Å². The molecule has 0 radical (unpaired) electrons. The van der Waals surface area contributed by atoms with Crippen molar-refractivity contribution in [3.63, 3.8) is 0 Å². The summed E-state index contributed by atoms with van der Waals surface area (Å²) in [5.41, 5.74) is 0.0422. The van der Waals surface area contributed by atoms with Crippen LogP contribution in [0.5, 0.6) is 0 Å². The number of amides is 1. The lowest BCUT2D eigenvalue weighted by atomic mass is 10.0. The topological polar surface area (TPSA) is 88.5 Å². The number of aliphatic carboxylic acids is 1. The van der Waals surface area contributed by atoms with Crippen LogP contribution in [0.3, 0.4) is 0 Å². The Morgan fingerprint density at radius 2 is 1.88 bits per heavy atom. The largest absolute Gasteiger partial charge is 0.478 e. The highest BCUT2D eigenvalue weighted by Gasteiger charge is 2.18. The molecule has 1 saturated carbocycles. The van der Waals surface area contributed by atoms with Gasteiger partial charge in [-0.05, 0) is 61.9 Å². The zero-order valence-electron chi connectivity index (χ0n) is 22.1. The van der Waals surface area contributed by atoms with Crippen molar-refractivity contribution in [2.45, 2.75) is 51.9 Å². The van der Waals surface area contributed by atoms with E-state index in [1.807, 2.05) is 0 Å². The van der Waals surface area contributed by atoms with Gasteiger partial charge in [-0.3, -0.25) is 10.1 Å². The molecule has 1 aromatic heterocycles. The molecular formula is C30H31F3N2O4S. The van der Waals surface area contributed by atoms with Gasteiger partial charge >= 0.3 is 5.97 Å². The van der Waals surface area contributed by atoms with E-state index in [4.69, 9.17) is 9.84 Å². The minimum Gasteiger partial charge on any atom is -0.478 e. The normalized spacial score (nSPS) is 14.1. The fourth-order valence-electron chi connectivity index (χ4n) is 4.74. The fraction of sp³-hybridized carbons (Fsp3) is 0.367. The average Bonchev–Trinajstić information content (AvgIpc) is 3.61. The van der Waals surface area contributed by atoms with Crippen molar-refractivity contribution in [2.75, 3.05) is 18.5 Å². The van der Waals surface area contributed by atoms with Gasteiger partial charge in [-0.25, -0.2) is 22.9 Å². The lowest BCUT2D eigenvalue weighted by Crippen LogP contribution is -2.13. The highest BCUT2D eigenvalue weighted by atomic mass is 32.1. The first-order valence-corrected chi connectivity index (χ1v) is 14.1. The van der Waals surface area contributed by atoms with Crippen LogP contribution in [0, 0.1) is 23.4 Å². The van der Waals surface area contributed by atoms with E-state index in [0.29, 0.717) is 36.3 Å². The maximum atomic E-state index is 15.3. The lowest BCUT2D eigenvalue weighted by Gasteiger charge is -2.10. The summed E-state index contributed by atoms with van der Waals surface area (Å²) in [6.45, 7) is 2.51. The molecule has 4 rings (SSSR count). The second-order valence-electron chi connectivity index (χ2n) is 9.91. The van der Waals surface area contributed by atoms with Gasteiger partial charge < -0.3 is 9.84 Å². The number of anilines is 1. The van der Waals surface area contributed by atoms with Crippen molar-refractivity contribution in [3.05, 3.63) is 75.4 Å². The number of thiazole rings is 1. The molecular weight excluding hydrogens is 541 g/mol. The van der Waals surface area contributed by atoms with Crippen LogP contribution in [0.25, 0.3) is 17.3 Å². The van der Waals surface area contributed by atoms with Gasteiger partial charge in [0, 0.05) is 40.9 Å². The second kappa shape index (κ2) is 13.7. The van der Waals surface area contributed by atoms with Crippen molar-refractivity contribution in [2.24, 2.45) is 5.92 Å². The van der Waals surface area contributed by atoms with Gasteiger partial charge in [0.1, 0.15) is 17.5 Å². The second-order valence-corrected chi connectivity index (χ2v) is 10.8. The predicted molar refractivity (Wildman–Crippen MR) is 149 cm³/mol. The number of halogens is 3. The molecule has 1 fully saturated rings. The molecule has 0 aliphatic heterocycles. The highest BCUT2D eigenvalue weighted by molar-refractivity contribution is 7.14. The number of carboxylic acid groups (broad SMARTS) is 1. The summed E-state index contributed by atoms with van der Waals surface area (Å²) in [5, 5.41) is 13.1. The third kappa shape index (κ3) is 7.57. The van der Waals surface area contributed by atoms with Gasteiger partial charge in [0.2, 0.25) is 0 Å². The summed E-state index contributed by atoms with van der Waals surface area (Å²) >= 11 is 1.05. The van der Waals surface area contributed by atoms with Crippen molar-refractivity contribution in [1.82, 2.24) is 4.98 Å². The molecule has 212 valence electrons. The number of carboxylic acids is 1. The van der Waals surface area contributed by atoms with E-state index in [0.717, 1.165) is 48.5 Å². The Morgan fingerprint density at radius 3 is 2.58 bits per heavy atom. The van der Waals surface area contributed by atoms with E-state index in [-0.39, 0.29) is 22.1 Å². The molecule has 0 atom stereocenters. The van der Waals surface area contributed by atoms with Gasteiger partial charge in [0.05, 0.1) is 5.69 Å². The maximum absolute atomic E-state index is 15.3. The number of ether oxygens (including phenoxy) is 1. The summed E-state index contributed by atoms with van der Waals surface area (Å²) in [5.74, 6) is -3.90. The molecule has 0 bridgehead atoms. The molecule has 1 aliphatic carbocycles. The van der Waals surface area contributed by atoms with Gasteiger partial charge in [0.15, 0.2) is 5.13 Å². The Labute approximate surface area is 234 Å². The molecule has 10 heteroatoms. The van der Waals surface area contributed by atoms with Gasteiger partial charge in [0.25, 0.3) is 5.91 Å². The van der Waals surface area contributed by atoms with Crippen LogP contribution in [-0.2, 0) is 16.0 Å². The summed E-state index contributed by atoms with van der Waals surface area (Å²) in [7, 11) is 0. The Kier molecular flexibility index (Phi) is 10.1. The molecule has 0 saturated heterocycles. The maximum Gasteiger partial charge on any atom is 0.331 e. The van der Waals surface area contributed by atoms with E-state index in [9.17, 15) is 18.4 Å². The molecule has 1 heterocycles. The first-order valence-electron chi connectivity index (χ1n) is 13.3. The quantitative estimate of drug-likeness (QED) is 0.173. The van der Waals surface area contributed by atoms with Crippen molar-refractivity contribution >= 4 is 34.4 Å². The molecule has 40 heavy (non-hydrogen) atoms. The third-order valence-corrected chi connectivity index (χ3v) is 7.76. The van der Waals surface area contributed by atoms with Crippen molar-refractivity contribution in [1.29, 1.82) is 0 Å². The van der Waals surface area contributed by atoms with Crippen LogP contribution in [0.4, 0.5) is 18.3 Å². The Hall–Kier alpha value is -3.50. The number of carbonyl (C=O) groups excluding carboxylic acids is 1. The molecule has 2 N–H and O–H groups in total. The zero-order chi connectivity index (χ0) is 28.6. The fourth-order valence-corrected chi connectivity index (χ4v) is 5.45.